The second kappa shape index (κ2) is 4.22. The van der Waals surface area contributed by atoms with Crippen molar-refractivity contribution in [3.63, 3.8) is 0 Å². The van der Waals surface area contributed by atoms with E-state index in [4.69, 9.17) is 0 Å². The van der Waals surface area contributed by atoms with Gasteiger partial charge in [-0.15, -0.1) is 0 Å². The highest BCUT2D eigenvalue weighted by Crippen LogP contribution is 2.47. The lowest BCUT2D eigenvalue weighted by atomic mass is 9.97. The van der Waals surface area contributed by atoms with Crippen molar-refractivity contribution in [3.8, 4) is 0 Å². The number of nitrogens with zero attached hydrogens (tertiary/aromatic N) is 1. The summed E-state index contributed by atoms with van der Waals surface area (Å²) >= 11 is 0. The van der Waals surface area contributed by atoms with Crippen LogP contribution in [0.1, 0.15) is 34.6 Å². The molecule has 0 amide bonds. The van der Waals surface area contributed by atoms with Crippen molar-refractivity contribution < 1.29 is 4.57 Å². The average molecular weight is 231 g/mol. The highest BCUT2D eigenvalue weighted by Gasteiger charge is 2.38. The quantitative estimate of drug-likeness (QED) is 0.646. The summed E-state index contributed by atoms with van der Waals surface area (Å²) in [6.07, 6.45) is 1.80. The molecule has 0 spiro atoms. The molecule has 1 heterocycles. The maximum atomic E-state index is 12.2. The van der Waals surface area contributed by atoms with Crippen molar-refractivity contribution in [2.75, 3.05) is 25.5 Å². The smallest absolute Gasteiger partial charge is 0.0876 e. The summed E-state index contributed by atoms with van der Waals surface area (Å²) in [5, 5.41) is 0. The van der Waals surface area contributed by atoms with Gasteiger partial charge in [-0.2, -0.15) is 0 Å². The first-order valence-corrected chi connectivity index (χ1v) is 8.48. The molecule has 15 heavy (non-hydrogen) atoms. The monoisotopic (exact) mass is 231 g/mol. The topological polar surface area (TPSA) is 20.3 Å². The van der Waals surface area contributed by atoms with Gasteiger partial charge in [0.1, 0.15) is 0 Å². The lowest BCUT2D eigenvalue weighted by molar-refractivity contribution is 0.0693. The molecule has 1 saturated heterocycles. The summed E-state index contributed by atoms with van der Waals surface area (Å²) in [7, 11) is -1.85. The van der Waals surface area contributed by atoms with Crippen molar-refractivity contribution in [1.82, 2.24) is 4.90 Å². The Balaban J connectivity index is 2.86. The van der Waals surface area contributed by atoms with Crippen LogP contribution in [0.4, 0.5) is 0 Å². The molecule has 0 aromatic heterocycles. The number of rotatable bonds is 1. The van der Waals surface area contributed by atoms with Crippen LogP contribution in [-0.2, 0) is 4.57 Å². The minimum Gasteiger partial charge on any atom is -0.324 e. The van der Waals surface area contributed by atoms with Crippen LogP contribution in [0.15, 0.2) is 0 Å². The van der Waals surface area contributed by atoms with Crippen LogP contribution < -0.4 is 0 Å². The second-order valence-electron chi connectivity index (χ2n) is 6.38. The normalized spacial score (nSPS) is 34.7. The fourth-order valence-electron chi connectivity index (χ4n) is 2.47. The predicted octanol–water partition coefficient (Wildman–Crippen LogP) is 3.12. The minimum atomic E-state index is -1.85. The Hall–Kier alpha value is 0.190. The fourth-order valence-corrected chi connectivity index (χ4v) is 4.71. The standard InChI is InChI=1S/C12H26NOP/c1-10(2)11-9-15(6,14)8-7-13(11)12(3,4)5/h10-11H,7-9H2,1-6H3. The molecule has 0 N–H and O–H groups in total. The minimum absolute atomic E-state index is 0.204. The van der Waals surface area contributed by atoms with E-state index in [1.165, 1.54) is 0 Å². The molecule has 0 saturated carbocycles. The molecule has 2 unspecified atom stereocenters. The second-order valence-corrected chi connectivity index (χ2v) is 9.78. The van der Waals surface area contributed by atoms with Gasteiger partial charge in [0.15, 0.2) is 0 Å². The van der Waals surface area contributed by atoms with Gasteiger partial charge in [-0.05, 0) is 33.4 Å². The van der Waals surface area contributed by atoms with Gasteiger partial charge in [0.05, 0.1) is 7.14 Å². The van der Waals surface area contributed by atoms with E-state index in [9.17, 15) is 4.57 Å². The van der Waals surface area contributed by atoms with Crippen LogP contribution in [0.3, 0.4) is 0 Å². The Morgan fingerprint density at radius 2 is 1.87 bits per heavy atom. The summed E-state index contributed by atoms with van der Waals surface area (Å²) in [4.78, 5) is 2.54. The third-order valence-electron chi connectivity index (χ3n) is 3.42. The molecule has 1 fully saturated rings. The van der Waals surface area contributed by atoms with Gasteiger partial charge in [-0.1, -0.05) is 13.8 Å². The fraction of sp³-hybridized carbons (Fsp3) is 1.00. The molecule has 0 aromatic rings. The summed E-state index contributed by atoms with van der Waals surface area (Å²) in [5.41, 5.74) is 0.204. The summed E-state index contributed by atoms with van der Waals surface area (Å²) in [6.45, 7) is 14.2. The van der Waals surface area contributed by atoms with Crippen LogP contribution in [0, 0.1) is 5.92 Å². The molecule has 1 rings (SSSR count). The first kappa shape index (κ1) is 13.3. The number of hydrogen-bond donors (Lipinski definition) is 0. The lowest BCUT2D eigenvalue weighted by Crippen LogP contribution is -2.55. The summed E-state index contributed by atoms with van der Waals surface area (Å²) < 4.78 is 12.2. The maximum absolute atomic E-state index is 12.2. The van der Waals surface area contributed by atoms with Crippen LogP contribution in [-0.4, -0.2) is 42.0 Å². The van der Waals surface area contributed by atoms with E-state index in [-0.39, 0.29) is 5.54 Å². The van der Waals surface area contributed by atoms with Gasteiger partial charge in [0.2, 0.25) is 0 Å². The molecule has 0 radical (unpaired) electrons. The van der Waals surface area contributed by atoms with Gasteiger partial charge < -0.3 is 4.57 Å². The Bertz CT molecular complexity index is 267. The van der Waals surface area contributed by atoms with Gasteiger partial charge in [0, 0.05) is 30.4 Å². The van der Waals surface area contributed by atoms with Crippen molar-refractivity contribution in [3.05, 3.63) is 0 Å². The Morgan fingerprint density at radius 3 is 2.27 bits per heavy atom. The van der Waals surface area contributed by atoms with Gasteiger partial charge in [-0.3, -0.25) is 4.90 Å². The molecule has 2 atom stereocenters. The van der Waals surface area contributed by atoms with E-state index in [0.29, 0.717) is 12.0 Å². The van der Waals surface area contributed by atoms with Crippen LogP contribution in [0.25, 0.3) is 0 Å². The third kappa shape index (κ3) is 3.32. The van der Waals surface area contributed by atoms with E-state index < -0.39 is 7.14 Å². The van der Waals surface area contributed by atoms with Crippen molar-refractivity contribution in [1.29, 1.82) is 0 Å². The van der Waals surface area contributed by atoms with Crippen molar-refractivity contribution in [2.45, 2.75) is 46.2 Å². The average Bonchev–Trinajstić information content (AvgIpc) is 1.99. The Kier molecular flexibility index (Phi) is 3.73. The van der Waals surface area contributed by atoms with Crippen molar-refractivity contribution in [2.24, 2.45) is 5.92 Å². The molecule has 2 nitrogen and oxygen atoms in total. The van der Waals surface area contributed by atoms with Crippen LogP contribution in [0.5, 0.6) is 0 Å². The first-order valence-electron chi connectivity index (χ1n) is 5.96. The largest absolute Gasteiger partial charge is 0.324 e. The zero-order valence-electron chi connectivity index (χ0n) is 11.1. The molecule has 1 aliphatic rings. The molecule has 0 bridgehead atoms. The van der Waals surface area contributed by atoms with Gasteiger partial charge >= 0.3 is 0 Å². The van der Waals surface area contributed by atoms with E-state index >= 15 is 0 Å². The molecular weight excluding hydrogens is 205 g/mol. The molecule has 90 valence electrons. The van der Waals surface area contributed by atoms with Crippen molar-refractivity contribution >= 4 is 7.14 Å². The Morgan fingerprint density at radius 1 is 1.33 bits per heavy atom. The zero-order valence-corrected chi connectivity index (χ0v) is 12.0. The van der Waals surface area contributed by atoms with E-state index in [2.05, 4.69) is 39.5 Å². The highest BCUT2D eigenvalue weighted by atomic mass is 31.2. The van der Waals surface area contributed by atoms with E-state index in [0.717, 1.165) is 18.9 Å². The van der Waals surface area contributed by atoms with E-state index in [1.54, 1.807) is 0 Å². The predicted molar refractivity (Wildman–Crippen MR) is 68.3 cm³/mol. The summed E-state index contributed by atoms with van der Waals surface area (Å²) in [6, 6.07) is 0.495. The molecular formula is C12H26NOP. The number of hydrogen-bond acceptors (Lipinski definition) is 2. The van der Waals surface area contributed by atoms with Crippen LogP contribution >= 0.6 is 7.14 Å². The van der Waals surface area contributed by atoms with Crippen LogP contribution in [0.2, 0.25) is 0 Å². The first-order chi connectivity index (χ1) is 6.63. The third-order valence-corrected chi connectivity index (χ3v) is 5.71. The molecule has 3 heteroatoms. The summed E-state index contributed by atoms with van der Waals surface area (Å²) in [5.74, 6) is 0.595. The molecule has 0 aromatic carbocycles. The Labute approximate surface area is 94.8 Å². The van der Waals surface area contributed by atoms with Gasteiger partial charge in [-0.25, -0.2) is 0 Å². The lowest BCUT2D eigenvalue weighted by Gasteiger charge is -2.48. The molecule has 1 aliphatic heterocycles. The molecule has 0 aliphatic carbocycles. The van der Waals surface area contributed by atoms with Gasteiger partial charge in [0.25, 0.3) is 0 Å². The SMILES string of the molecule is CC(C)C1CP(C)(=O)CCN1C(C)(C)C. The zero-order chi connectivity index (χ0) is 11.9. The maximum Gasteiger partial charge on any atom is 0.0876 e. The highest BCUT2D eigenvalue weighted by molar-refractivity contribution is 7.63. The van der Waals surface area contributed by atoms with E-state index in [1.807, 2.05) is 6.66 Å².